The van der Waals surface area contributed by atoms with E-state index >= 15 is 0 Å². The summed E-state index contributed by atoms with van der Waals surface area (Å²) in [7, 11) is 3.55. The molecule has 0 aromatic rings. The number of hydrogen-bond donors (Lipinski definition) is 0. The molecule has 0 N–H and O–H groups in total. The summed E-state index contributed by atoms with van der Waals surface area (Å²) in [5.41, 5.74) is 3.82. The second-order valence-electron chi connectivity index (χ2n) is 3.38. The van der Waals surface area contributed by atoms with E-state index < -0.39 is 0 Å². The summed E-state index contributed by atoms with van der Waals surface area (Å²) < 4.78 is 0. The Balaban J connectivity index is 3.27. The monoisotopic (exact) mass is 235 g/mol. The van der Waals surface area contributed by atoms with Gasteiger partial charge in [0.25, 0.3) is 0 Å². The lowest BCUT2D eigenvalue weighted by Gasteiger charge is -2.14. The van der Waals surface area contributed by atoms with Gasteiger partial charge in [0.05, 0.1) is 16.5 Å². The number of allylic oxidation sites excluding steroid dienone is 4. The van der Waals surface area contributed by atoms with Crippen molar-refractivity contribution in [1.29, 1.82) is 0 Å². The molecule has 16 heavy (non-hydrogen) atoms. The van der Waals surface area contributed by atoms with Gasteiger partial charge in [0.1, 0.15) is 5.71 Å². The Labute approximate surface area is 101 Å². The molecule has 0 amide bonds. The first-order chi connectivity index (χ1) is 7.63. The fourth-order valence-corrected chi connectivity index (χ4v) is 1.60. The summed E-state index contributed by atoms with van der Waals surface area (Å²) in [5.74, 6) is 0. The smallest absolute Gasteiger partial charge is 0.108 e. The first kappa shape index (κ1) is 12.9. The van der Waals surface area contributed by atoms with Gasteiger partial charge in [0, 0.05) is 14.1 Å². The van der Waals surface area contributed by atoms with Gasteiger partial charge < -0.3 is 0 Å². The molecule has 0 bridgehead atoms. The Morgan fingerprint density at radius 2 is 1.88 bits per heavy atom. The van der Waals surface area contributed by atoms with Crippen molar-refractivity contribution in [1.82, 2.24) is 0 Å². The van der Waals surface area contributed by atoms with Crippen LogP contribution in [0.5, 0.6) is 0 Å². The Bertz CT molecular complexity index is 426. The fourth-order valence-electron chi connectivity index (χ4n) is 1.41. The van der Waals surface area contributed by atoms with Gasteiger partial charge in [0.15, 0.2) is 0 Å². The third kappa shape index (κ3) is 2.70. The van der Waals surface area contributed by atoms with Gasteiger partial charge in [-0.3, -0.25) is 9.98 Å². The molecular weight excluding hydrogens is 218 g/mol. The highest BCUT2D eigenvalue weighted by Crippen LogP contribution is 2.18. The second-order valence-corrected chi connectivity index (χ2v) is 4.38. The van der Waals surface area contributed by atoms with E-state index in [0.717, 1.165) is 27.7 Å². The maximum absolute atomic E-state index is 4.58. The maximum atomic E-state index is 4.58. The van der Waals surface area contributed by atoms with Gasteiger partial charge in [0.2, 0.25) is 0 Å². The van der Waals surface area contributed by atoms with E-state index in [0.29, 0.717) is 0 Å². The molecule has 1 aliphatic carbocycles. The highest BCUT2D eigenvalue weighted by Gasteiger charge is 2.16. The maximum Gasteiger partial charge on any atom is 0.108 e. The SMILES string of the molecule is CN=C1C=CC(C)=C(N=C(C)SC)C1=NC. The van der Waals surface area contributed by atoms with Gasteiger partial charge in [-0.05, 0) is 31.8 Å². The number of aliphatic imine (C=N–C) groups is 3. The third-order valence-electron chi connectivity index (χ3n) is 2.36. The molecule has 0 aliphatic heterocycles. The number of hydrogen-bond acceptors (Lipinski definition) is 4. The van der Waals surface area contributed by atoms with Gasteiger partial charge in [-0.1, -0.05) is 6.08 Å². The van der Waals surface area contributed by atoms with Crippen LogP contribution in [-0.2, 0) is 0 Å². The van der Waals surface area contributed by atoms with Gasteiger partial charge in [-0.15, -0.1) is 11.8 Å². The molecule has 0 spiro atoms. The second kappa shape index (κ2) is 5.80. The van der Waals surface area contributed by atoms with Crippen LogP contribution in [0.1, 0.15) is 13.8 Å². The Morgan fingerprint density at radius 3 is 2.38 bits per heavy atom. The first-order valence-corrected chi connectivity index (χ1v) is 6.29. The average molecular weight is 235 g/mol. The molecule has 0 aromatic heterocycles. The molecule has 3 nitrogen and oxygen atoms in total. The van der Waals surface area contributed by atoms with Crippen LogP contribution >= 0.6 is 11.8 Å². The zero-order valence-corrected chi connectivity index (χ0v) is 11.2. The van der Waals surface area contributed by atoms with Crippen LogP contribution in [0.4, 0.5) is 0 Å². The van der Waals surface area contributed by atoms with E-state index in [1.54, 1.807) is 25.9 Å². The molecule has 0 atom stereocenters. The Morgan fingerprint density at radius 1 is 1.19 bits per heavy atom. The van der Waals surface area contributed by atoms with Crippen LogP contribution in [0.25, 0.3) is 0 Å². The van der Waals surface area contributed by atoms with Crippen molar-refractivity contribution in [2.24, 2.45) is 15.0 Å². The predicted octanol–water partition coefficient (Wildman–Crippen LogP) is 2.75. The summed E-state index contributed by atoms with van der Waals surface area (Å²) in [6.45, 7) is 4.04. The summed E-state index contributed by atoms with van der Waals surface area (Å²) >= 11 is 1.64. The van der Waals surface area contributed by atoms with Crippen LogP contribution in [0.15, 0.2) is 38.4 Å². The molecular formula is C12H17N3S. The lowest BCUT2D eigenvalue weighted by molar-refractivity contribution is 1.31. The van der Waals surface area contributed by atoms with Crippen molar-refractivity contribution in [2.75, 3.05) is 20.4 Å². The highest BCUT2D eigenvalue weighted by molar-refractivity contribution is 8.13. The largest absolute Gasteiger partial charge is 0.286 e. The number of rotatable bonds is 1. The lowest BCUT2D eigenvalue weighted by Crippen LogP contribution is -2.18. The topological polar surface area (TPSA) is 37.1 Å². The molecule has 0 heterocycles. The molecule has 0 radical (unpaired) electrons. The van der Waals surface area contributed by atoms with E-state index in [4.69, 9.17) is 0 Å². The van der Waals surface area contributed by atoms with E-state index in [9.17, 15) is 0 Å². The van der Waals surface area contributed by atoms with Crippen molar-refractivity contribution in [3.63, 3.8) is 0 Å². The molecule has 4 heteroatoms. The van der Waals surface area contributed by atoms with Gasteiger partial charge >= 0.3 is 0 Å². The summed E-state index contributed by atoms with van der Waals surface area (Å²) in [6, 6.07) is 0. The van der Waals surface area contributed by atoms with Gasteiger partial charge in [-0.2, -0.15) is 0 Å². The summed E-state index contributed by atoms with van der Waals surface area (Å²) in [4.78, 5) is 13.1. The third-order valence-corrected chi connectivity index (χ3v) is 3.04. The first-order valence-electron chi connectivity index (χ1n) is 5.06. The van der Waals surface area contributed by atoms with Crippen molar-refractivity contribution in [3.05, 3.63) is 23.4 Å². The van der Waals surface area contributed by atoms with Crippen LogP contribution in [0, 0.1) is 0 Å². The molecule has 0 fully saturated rings. The summed E-state index contributed by atoms with van der Waals surface area (Å²) in [5, 5.41) is 1.03. The summed E-state index contributed by atoms with van der Waals surface area (Å²) in [6.07, 6.45) is 6.03. The molecule has 0 unspecified atom stereocenters. The quantitative estimate of drug-likeness (QED) is 0.391. The lowest BCUT2D eigenvalue weighted by atomic mass is 10.0. The Hall–Kier alpha value is -1.16. The average Bonchev–Trinajstić information content (AvgIpc) is 2.31. The predicted molar refractivity (Wildman–Crippen MR) is 75.2 cm³/mol. The fraction of sp³-hybridized carbons (Fsp3) is 0.417. The molecule has 1 aliphatic rings. The number of nitrogens with zero attached hydrogens (tertiary/aromatic N) is 3. The Kier molecular flexibility index (Phi) is 4.68. The standard InChI is InChI=1S/C12H17N3S/c1-8-6-7-10(13-3)12(14-4)11(8)15-9(2)16-5/h6-7H,1-5H3. The van der Waals surface area contributed by atoms with Crippen LogP contribution in [0.2, 0.25) is 0 Å². The number of thioether (sulfide) groups is 1. The normalized spacial score (nSPS) is 22.4. The molecule has 0 aromatic carbocycles. The molecule has 0 saturated carbocycles. The van der Waals surface area contributed by atoms with Crippen molar-refractivity contribution >= 4 is 28.2 Å². The van der Waals surface area contributed by atoms with Crippen LogP contribution in [-0.4, -0.2) is 36.8 Å². The minimum absolute atomic E-state index is 0.871. The van der Waals surface area contributed by atoms with Crippen LogP contribution < -0.4 is 0 Å². The zero-order chi connectivity index (χ0) is 12.1. The zero-order valence-electron chi connectivity index (χ0n) is 10.4. The van der Waals surface area contributed by atoms with E-state index in [2.05, 4.69) is 15.0 Å². The van der Waals surface area contributed by atoms with E-state index in [1.165, 1.54) is 0 Å². The molecule has 0 saturated heterocycles. The van der Waals surface area contributed by atoms with E-state index in [-0.39, 0.29) is 0 Å². The highest BCUT2D eigenvalue weighted by atomic mass is 32.2. The van der Waals surface area contributed by atoms with E-state index in [1.807, 2.05) is 32.3 Å². The van der Waals surface area contributed by atoms with Crippen LogP contribution in [0.3, 0.4) is 0 Å². The minimum Gasteiger partial charge on any atom is -0.286 e. The molecule has 1 rings (SSSR count). The van der Waals surface area contributed by atoms with Crippen molar-refractivity contribution in [3.8, 4) is 0 Å². The molecule has 86 valence electrons. The minimum atomic E-state index is 0.871. The van der Waals surface area contributed by atoms with Crippen molar-refractivity contribution in [2.45, 2.75) is 13.8 Å². The van der Waals surface area contributed by atoms with Crippen molar-refractivity contribution < 1.29 is 0 Å². The van der Waals surface area contributed by atoms with Gasteiger partial charge in [-0.25, -0.2) is 4.99 Å².